The third-order valence-electron chi connectivity index (χ3n) is 5.32. The van der Waals surface area contributed by atoms with Crippen LogP contribution in [0.5, 0.6) is 0 Å². The fraction of sp³-hybridized carbons (Fsp3) is 0.500. The number of allylic oxidation sites excluding steroid dienone is 1. The van der Waals surface area contributed by atoms with Crippen LogP contribution in [0.2, 0.25) is 0 Å². The first-order chi connectivity index (χ1) is 13.0. The quantitative estimate of drug-likeness (QED) is 0.536. The number of rotatable bonds is 6. The number of carbonyl (C=O) groups is 2. The van der Waals surface area contributed by atoms with Gasteiger partial charge in [0.25, 0.3) is 0 Å². The Morgan fingerprint density at radius 2 is 2.07 bits per heavy atom. The Labute approximate surface area is 159 Å². The molecule has 2 atom stereocenters. The van der Waals surface area contributed by atoms with Gasteiger partial charge in [-0.15, -0.1) is 0 Å². The van der Waals surface area contributed by atoms with Gasteiger partial charge in [0.15, 0.2) is 0 Å². The van der Waals surface area contributed by atoms with Crippen molar-refractivity contribution < 1.29 is 18.7 Å². The Balaban J connectivity index is 1.99. The molecule has 0 N–H and O–H groups in total. The first kappa shape index (κ1) is 19.5. The third-order valence-corrected chi connectivity index (χ3v) is 5.32. The molecule has 0 bridgehead atoms. The maximum atomic E-state index is 13.9. The van der Waals surface area contributed by atoms with Crippen molar-refractivity contribution >= 4 is 17.5 Å². The Morgan fingerprint density at radius 1 is 1.26 bits per heavy atom. The van der Waals surface area contributed by atoms with E-state index in [0.717, 1.165) is 37.8 Å². The molecule has 0 radical (unpaired) electrons. The van der Waals surface area contributed by atoms with E-state index in [0.29, 0.717) is 29.9 Å². The van der Waals surface area contributed by atoms with Crippen molar-refractivity contribution in [3.63, 3.8) is 0 Å². The summed E-state index contributed by atoms with van der Waals surface area (Å²) in [6, 6.07) is 6.16. The molecule has 0 aromatic heterocycles. The molecule has 3 rings (SSSR count). The second-order valence-electron chi connectivity index (χ2n) is 7.28. The summed E-state index contributed by atoms with van der Waals surface area (Å²) in [7, 11) is 0. The molecule has 144 valence electrons. The highest BCUT2D eigenvalue weighted by Crippen LogP contribution is 2.43. The van der Waals surface area contributed by atoms with E-state index in [4.69, 9.17) is 4.74 Å². The number of unbranched alkanes of at least 4 members (excludes halogenated alkanes) is 2. The molecule has 0 amide bonds. The third kappa shape index (κ3) is 4.18. The molecule has 1 saturated carbocycles. The van der Waals surface area contributed by atoms with Gasteiger partial charge in [0.1, 0.15) is 11.6 Å². The molecular weight excluding hydrogens is 345 g/mol. The van der Waals surface area contributed by atoms with Crippen molar-refractivity contribution in [3.05, 3.63) is 46.9 Å². The highest BCUT2D eigenvalue weighted by atomic mass is 19.1. The zero-order valence-electron chi connectivity index (χ0n) is 16.0. The summed E-state index contributed by atoms with van der Waals surface area (Å²) in [5.74, 6) is -1.78. The first-order valence-corrected chi connectivity index (χ1v) is 9.76. The Hall–Kier alpha value is -2.30. The molecule has 1 heterocycles. The topological polar surface area (TPSA) is 55.7 Å². The number of nitrogens with zero attached hydrogens (tertiary/aromatic N) is 1. The predicted octanol–water partition coefficient (Wildman–Crippen LogP) is 4.74. The molecule has 4 nitrogen and oxygen atoms in total. The molecule has 0 unspecified atom stereocenters. The molecule has 0 spiro atoms. The van der Waals surface area contributed by atoms with Crippen LogP contribution in [0.4, 0.5) is 4.39 Å². The van der Waals surface area contributed by atoms with Gasteiger partial charge in [-0.1, -0.05) is 31.9 Å². The fourth-order valence-corrected chi connectivity index (χ4v) is 4.04. The molecule has 1 aromatic rings. The van der Waals surface area contributed by atoms with Crippen LogP contribution in [0.3, 0.4) is 0 Å². The van der Waals surface area contributed by atoms with E-state index in [-0.39, 0.29) is 11.6 Å². The van der Waals surface area contributed by atoms with Crippen LogP contribution < -0.4 is 0 Å². The van der Waals surface area contributed by atoms with Crippen LogP contribution in [-0.2, 0) is 14.3 Å². The zero-order valence-corrected chi connectivity index (χ0v) is 16.0. The number of hydrogen-bond donors (Lipinski definition) is 0. The van der Waals surface area contributed by atoms with E-state index in [2.05, 4.69) is 11.9 Å². The predicted molar refractivity (Wildman–Crippen MR) is 102 cm³/mol. The fourth-order valence-electron chi connectivity index (χ4n) is 4.04. The number of fused-ring (bicyclic) bond motifs is 1. The molecule has 27 heavy (non-hydrogen) atoms. The summed E-state index contributed by atoms with van der Waals surface area (Å²) in [5, 5.41) is 0. The number of ether oxygens (including phenoxy) is 1. The summed E-state index contributed by atoms with van der Waals surface area (Å²) in [6.45, 7) is 4.20. The van der Waals surface area contributed by atoms with Crippen LogP contribution in [0.25, 0.3) is 0 Å². The standard InChI is InChI=1S/C22H26FNO3/c1-3-4-5-12-27-22(26)19-14(2)24-17-10-7-11-18(25)21(17)20(19)15-8-6-9-16(23)13-15/h6,8-9,13,20-21H,3-5,7,10-12H2,1-2H3/t20-,21-/m1/s1. The minimum Gasteiger partial charge on any atom is -0.462 e. The molecule has 1 aromatic carbocycles. The van der Waals surface area contributed by atoms with E-state index >= 15 is 0 Å². The lowest BCUT2D eigenvalue weighted by molar-refractivity contribution is -0.139. The van der Waals surface area contributed by atoms with E-state index < -0.39 is 17.8 Å². The van der Waals surface area contributed by atoms with Gasteiger partial charge >= 0.3 is 5.97 Å². The average molecular weight is 371 g/mol. The van der Waals surface area contributed by atoms with Gasteiger partial charge in [0.05, 0.1) is 18.1 Å². The number of aliphatic imine (C=N–C) groups is 1. The Morgan fingerprint density at radius 3 is 2.81 bits per heavy atom. The summed E-state index contributed by atoms with van der Waals surface area (Å²) in [6.07, 6.45) is 4.80. The van der Waals surface area contributed by atoms with Crippen molar-refractivity contribution in [2.45, 2.75) is 58.3 Å². The van der Waals surface area contributed by atoms with Gasteiger partial charge in [-0.25, -0.2) is 9.18 Å². The van der Waals surface area contributed by atoms with Gasteiger partial charge in [-0.05, 0) is 43.9 Å². The van der Waals surface area contributed by atoms with Gasteiger partial charge in [0.2, 0.25) is 0 Å². The number of esters is 1. The lowest BCUT2D eigenvalue weighted by Gasteiger charge is -2.35. The molecule has 5 heteroatoms. The molecule has 2 aliphatic rings. The monoisotopic (exact) mass is 371 g/mol. The number of Topliss-reactive ketones (excluding diaryl/α,β-unsaturated/α-hetero) is 1. The number of halogens is 1. The van der Waals surface area contributed by atoms with E-state index in [1.807, 2.05) is 0 Å². The maximum Gasteiger partial charge on any atom is 0.336 e. The van der Waals surface area contributed by atoms with Crippen LogP contribution in [0.15, 0.2) is 40.5 Å². The highest BCUT2D eigenvalue weighted by Gasteiger charge is 2.43. The Kier molecular flexibility index (Phi) is 6.19. The second-order valence-corrected chi connectivity index (χ2v) is 7.28. The highest BCUT2D eigenvalue weighted by molar-refractivity contribution is 6.11. The summed E-state index contributed by atoms with van der Waals surface area (Å²) in [5.41, 5.74) is 2.40. The zero-order chi connectivity index (χ0) is 19.4. The van der Waals surface area contributed by atoms with E-state index in [1.54, 1.807) is 19.1 Å². The van der Waals surface area contributed by atoms with Crippen molar-refractivity contribution in [1.29, 1.82) is 0 Å². The van der Waals surface area contributed by atoms with E-state index in [9.17, 15) is 14.0 Å². The normalized spacial score (nSPS) is 22.3. The largest absolute Gasteiger partial charge is 0.462 e. The van der Waals surface area contributed by atoms with Crippen LogP contribution in [0, 0.1) is 11.7 Å². The van der Waals surface area contributed by atoms with E-state index in [1.165, 1.54) is 12.1 Å². The molecular formula is C22H26FNO3. The lowest BCUT2D eigenvalue weighted by atomic mass is 9.69. The summed E-state index contributed by atoms with van der Waals surface area (Å²) >= 11 is 0. The Bertz CT molecular complexity index is 797. The van der Waals surface area contributed by atoms with Crippen LogP contribution >= 0.6 is 0 Å². The maximum absolute atomic E-state index is 13.9. The molecule has 1 fully saturated rings. The number of carbonyl (C=O) groups excluding carboxylic acids is 2. The van der Waals surface area contributed by atoms with Crippen LogP contribution in [0.1, 0.15) is 63.9 Å². The van der Waals surface area contributed by atoms with Crippen LogP contribution in [-0.4, -0.2) is 24.1 Å². The minimum atomic E-state index is -0.528. The SMILES string of the molecule is CCCCCOC(=O)C1=C(C)N=C2CCCC(=O)[C@@H]2[C@@H]1c1cccc(F)c1. The summed E-state index contributed by atoms with van der Waals surface area (Å²) < 4.78 is 19.4. The first-order valence-electron chi connectivity index (χ1n) is 9.76. The summed E-state index contributed by atoms with van der Waals surface area (Å²) in [4.78, 5) is 30.2. The van der Waals surface area contributed by atoms with Gasteiger partial charge in [-0.3, -0.25) is 9.79 Å². The number of benzene rings is 1. The van der Waals surface area contributed by atoms with Gasteiger partial charge in [0, 0.05) is 23.7 Å². The van der Waals surface area contributed by atoms with Gasteiger partial charge in [-0.2, -0.15) is 0 Å². The average Bonchev–Trinajstić information content (AvgIpc) is 2.64. The number of ketones is 1. The second kappa shape index (κ2) is 8.59. The lowest BCUT2D eigenvalue weighted by Crippen LogP contribution is -2.39. The van der Waals surface area contributed by atoms with Crippen molar-refractivity contribution in [3.8, 4) is 0 Å². The smallest absolute Gasteiger partial charge is 0.336 e. The van der Waals surface area contributed by atoms with Crippen molar-refractivity contribution in [2.24, 2.45) is 10.9 Å². The van der Waals surface area contributed by atoms with Crippen molar-refractivity contribution in [2.75, 3.05) is 6.61 Å². The minimum absolute atomic E-state index is 0.0676. The van der Waals surface area contributed by atoms with Crippen molar-refractivity contribution in [1.82, 2.24) is 0 Å². The molecule has 1 aliphatic carbocycles. The van der Waals surface area contributed by atoms with Gasteiger partial charge < -0.3 is 4.74 Å². The molecule has 0 saturated heterocycles. The molecule has 1 aliphatic heterocycles. The number of hydrogen-bond acceptors (Lipinski definition) is 4.